The molecule has 1 N–H and O–H groups in total. The van der Waals surface area contributed by atoms with Crippen LogP contribution in [0.25, 0.3) is 0 Å². The molecule has 1 saturated heterocycles. The van der Waals surface area contributed by atoms with E-state index in [1.807, 2.05) is 35.2 Å². The third-order valence-electron chi connectivity index (χ3n) is 4.91. The molecule has 2 aliphatic rings. The molecule has 5 heteroatoms. The van der Waals surface area contributed by atoms with Crippen molar-refractivity contribution < 1.29 is 14.3 Å². The molecule has 1 aliphatic carbocycles. The molecule has 2 amide bonds. The van der Waals surface area contributed by atoms with Gasteiger partial charge in [0, 0.05) is 26.1 Å². The van der Waals surface area contributed by atoms with Crippen LogP contribution in [0.5, 0.6) is 0 Å². The van der Waals surface area contributed by atoms with Crippen LogP contribution in [0.4, 0.5) is 0 Å². The molecular weight excluding hydrogens is 304 g/mol. The Kier molecular flexibility index (Phi) is 5.86. The second-order valence-electron chi connectivity index (χ2n) is 6.85. The van der Waals surface area contributed by atoms with Crippen molar-refractivity contribution in [2.75, 3.05) is 19.7 Å². The molecule has 0 radical (unpaired) electrons. The molecule has 1 unspecified atom stereocenters. The Morgan fingerprint density at radius 3 is 2.71 bits per heavy atom. The number of hydrogen-bond acceptors (Lipinski definition) is 3. The van der Waals surface area contributed by atoms with Crippen molar-refractivity contribution in [3.8, 4) is 0 Å². The first-order valence-electron chi connectivity index (χ1n) is 8.90. The van der Waals surface area contributed by atoms with Crippen molar-refractivity contribution in [3.63, 3.8) is 0 Å². The van der Waals surface area contributed by atoms with Crippen LogP contribution < -0.4 is 5.32 Å². The van der Waals surface area contributed by atoms with E-state index in [4.69, 9.17) is 4.74 Å². The number of amides is 2. The summed E-state index contributed by atoms with van der Waals surface area (Å²) >= 11 is 0. The molecule has 1 aromatic carbocycles. The molecule has 5 nitrogen and oxygen atoms in total. The van der Waals surface area contributed by atoms with Gasteiger partial charge >= 0.3 is 0 Å². The number of morpholine rings is 1. The molecule has 1 saturated carbocycles. The van der Waals surface area contributed by atoms with Gasteiger partial charge in [-0.05, 0) is 24.3 Å². The molecule has 130 valence electrons. The van der Waals surface area contributed by atoms with Gasteiger partial charge in [0.05, 0.1) is 6.10 Å². The first kappa shape index (κ1) is 17.0. The molecule has 0 aromatic heterocycles. The maximum absolute atomic E-state index is 12.0. The van der Waals surface area contributed by atoms with E-state index in [1.165, 1.54) is 25.7 Å². The highest BCUT2D eigenvalue weighted by Crippen LogP contribution is 2.27. The highest BCUT2D eigenvalue weighted by atomic mass is 16.5. The fraction of sp³-hybridized carbons (Fsp3) is 0.579. The smallest absolute Gasteiger partial charge is 0.248 e. The van der Waals surface area contributed by atoms with Gasteiger partial charge < -0.3 is 15.0 Å². The molecule has 0 spiro atoms. The van der Waals surface area contributed by atoms with Gasteiger partial charge in [-0.2, -0.15) is 0 Å². The van der Waals surface area contributed by atoms with Gasteiger partial charge in [-0.1, -0.05) is 43.2 Å². The van der Waals surface area contributed by atoms with E-state index in [1.54, 1.807) is 0 Å². The molecule has 1 aromatic rings. The van der Waals surface area contributed by atoms with Crippen LogP contribution in [-0.2, 0) is 20.9 Å². The Morgan fingerprint density at radius 2 is 1.96 bits per heavy atom. The maximum atomic E-state index is 12.0. The average Bonchev–Trinajstić information content (AvgIpc) is 3.09. The summed E-state index contributed by atoms with van der Waals surface area (Å²) in [5.41, 5.74) is 1.11. The lowest BCUT2D eigenvalue weighted by Gasteiger charge is -2.33. The van der Waals surface area contributed by atoms with Crippen LogP contribution in [0.2, 0.25) is 0 Å². The molecule has 3 rings (SSSR count). The van der Waals surface area contributed by atoms with Crippen molar-refractivity contribution in [1.29, 1.82) is 0 Å². The van der Waals surface area contributed by atoms with Crippen molar-refractivity contribution in [2.45, 2.75) is 44.8 Å². The van der Waals surface area contributed by atoms with E-state index < -0.39 is 0 Å². The van der Waals surface area contributed by atoms with Gasteiger partial charge in [0.2, 0.25) is 11.8 Å². The summed E-state index contributed by atoms with van der Waals surface area (Å²) in [4.78, 5) is 25.9. The molecule has 0 bridgehead atoms. The minimum Gasteiger partial charge on any atom is -0.365 e. The topological polar surface area (TPSA) is 58.6 Å². The van der Waals surface area contributed by atoms with Crippen LogP contribution in [-0.4, -0.2) is 42.5 Å². The fourth-order valence-electron chi connectivity index (χ4n) is 3.54. The van der Waals surface area contributed by atoms with E-state index in [9.17, 15) is 9.59 Å². The number of carbonyl (C=O) groups excluding carboxylic acids is 2. The van der Waals surface area contributed by atoms with Crippen LogP contribution in [0.15, 0.2) is 30.3 Å². The van der Waals surface area contributed by atoms with E-state index in [0.29, 0.717) is 32.0 Å². The predicted octanol–water partition coefficient (Wildman–Crippen LogP) is 2.11. The number of nitrogens with zero attached hydrogens (tertiary/aromatic N) is 1. The number of rotatable bonds is 6. The standard InChI is InChI=1S/C19H26N2O3/c22-18(10-15-6-4-5-7-15)20-11-17-13-21(19(23)14-24-17)12-16-8-2-1-3-9-16/h1-3,8-9,15,17H,4-7,10-14H2,(H,20,22). The second kappa shape index (κ2) is 8.29. The normalized spacial score (nSPS) is 21.9. The largest absolute Gasteiger partial charge is 0.365 e. The average molecular weight is 330 g/mol. The van der Waals surface area contributed by atoms with Gasteiger partial charge in [-0.3, -0.25) is 9.59 Å². The van der Waals surface area contributed by atoms with E-state index in [2.05, 4.69) is 5.32 Å². The Labute approximate surface area is 143 Å². The van der Waals surface area contributed by atoms with Gasteiger partial charge in [-0.15, -0.1) is 0 Å². The van der Waals surface area contributed by atoms with Crippen LogP contribution >= 0.6 is 0 Å². The number of nitrogens with one attached hydrogen (secondary N) is 1. The number of ether oxygens (including phenoxy) is 1. The Morgan fingerprint density at radius 1 is 1.21 bits per heavy atom. The third-order valence-corrected chi connectivity index (χ3v) is 4.91. The summed E-state index contributed by atoms with van der Waals surface area (Å²) in [6.45, 7) is 1.69. The highest BCUT2D eigenvalue weighted by Gasteiger charge is 2.27. The van der Waals surface area contributed by atoms with Crippen LogP contribution in [0, 0.1) is 5.92 Å². The van der Waals surface area contributed by atoms with Crippen LogP contribution in [0.3, 0.4) is 0 Å². The Bertz CT molecular complexity index is 555. The number of benzene rings is 1. The molecular formula is C19H26N2O3. The third kappa shape index (κ3) is 4.81. The lowest BCUT2D eigenvalue weighted by atomic mass is 10.0. The number of carbonyl (C=O) groups is 2. The van der Waals surface area contributed by atoms with E-state index in [-0.39, 0.29) is 24.5 Å². The summed E-state index contributed by atoms with van der Waals surface area (Å²) in [6.07, 6.45) is 5.35. The monoisotopic (exact) mass is 330 g/mol. The fourth-order valence-corrected chi connectivity index (χ4v) is 3.54. The van der Waals surface area contributed by atoms with Gasteiger partial charge in [0.15, 0.2) is 0 Å². The zero-order chi connectivity index (χ0) is 16.8. The zero-order valence-corrected chi connectivity index (χ0v) is 14.1. The first-order valence-corrected chi connectivity index (χ1v) is 8.90. The Hall–Kier alpha value is -1.88. The summed E-state index contributed by atoms with van der Waals surface area (Å²) in [7, 11) is 0. The maximum Gasteiger partial charge on any atom is 0.248 e. The lowest BCUT2D eigenvalue weighted by Crippen LogP contribution is -2.50. The van der Waals surface area contributed by atoms with Crippen molar-refractivity contribution >= 4 is 11.8 Å². The minimum absolute atomic E-state index is 0.00684. The lowest BCUT2D eigenvalue weighted by molar-refractivity contribution is -0.149. The molecule has 1 atom stereocenters. The van der Waals surface area contributed by atoms with Gasteiger partial charge in [0.25, 0.3) is 0 Å². The van der Waals surface area contributed by atoms with Crippen molar-refractivity contribution in [1.82, 2.24) is 10.2 Å². The minimum atomic E-state index is -0.126. The summed E-state index contributed by atoms with van der Waals surface area (Å²) < 4.78 is 5.57. The van der Waals surface area contributed by atoms with Crippen molar-refractivity contribution in [2.24, 2.45) is 5.92 Å². The van der Waals surface area contributed by atoms with Gasteiger partial charge in [-0.25, -0.2) is 0 Å². The predicted molar refractivity (Wildman–Crippen MR) is 91.2 cm³/mol. The Balaban J connectivity index is 1.44. The molecule has 2 fully saturated rings. The zero-order valence-electron chi connectivity index (χ0n) is 14.1. The quantitative estimate of drug-likeness (QED) is 0.869. The van der Waals surface area contributed by atoms with Crippen LogP contribution in [0.1, 0.15) is 37.7 Å². The summed E-state index contributed by atoms with van der Waals surface area (Å²) in [6, 6.07) is 9.94. The second-order valence-corrected chi connectivity index (χ2v) is 6.85. The SMILES string of the molecule is O=C(CC1CCCC1)NCC1CN(Cc2ccccc2)C(=O)CO1. The first-order chi connectivity index (χ1) is 11.7. The molecule has 24 heavy (non-hydrogen) atoms. The molecule has 1 aliphatic heterocycles. The highest BCUT2D eigenvalue weighted by molar-refractivity contribution is 5.78. The van der Waals surface area contributed by atoms with E-state index >= 15 is 0 Å². The summed E-state index contributed by atoms with van der Waals surface area (Å²) in [5.74, 6) is 0.665. The number of hydrogen-bond donors (Lipinski definition) is 1. The van der Waals surface area contributed by atoms with E-state index in [0.717, 1.165) is 5.56 Å². The molecule has 1 heterocycles. The van der Waals surface area contributed by atoms with Crippen molar-refractivity contribution in [3.05, 3.63) is 35.9 Å². The summed E-state index contributed by atoms with van der Waals surface area (Å²) in [5, 5.41) is 2.98. The van der Waals surface area contributed by atoms with Gasteiger partial charge in [0.1, 0.15) is 6.61 Å².